The summed E-state index contributed by atoms with van der Waals surface area (Å²) in [4.78, 5) is 21.0. The Morgan fingerprint density at radius 2 is 2.10 bits per heavy atom. The normalized spacial score (nSPS) is 10.3. The molecule has 0 spiro atoms. The van der Waals surface area contributed by atoms with Crippen molar-refractivity contribution in [2.24, 2.45) is 0 Å². The number of nitrogens with two attached hydrogens (primary N) is 1. The third-order valence-electron chi connectivity index (χ3n) is 3.12. The quantitative estimate of drug-likeness (QED) is 0.591. The van der Waals surface area contributed by atoms with E-state index in [1.54, 1.807) is 11.9 Å². The number of hydrogen-bond donors (Lipinski definition) is 1. The van der Waals surface area contributed by atoms with Gasteiger partial charge in [0.2, 0.25) is 0 Å². The zero-order chi connectivity index (χ0) is 15.1. The van der Waals surface area contributed by atoms with Crippen LogP contribution in [0.25, 0.3) is 0 Å². The van der Waals surface area contributed by atoms with Gasteiger partial charge in [-0.3, -0.25) is 4.79 Å². The lowest BCUT2D eigenvalue weighted by Gasteiger charge is -2.17. The van der Waals surface area contributed by atoms with Gasteiger partial charge < -0.3 is 15.5 Å². The second-order valence-corrected chi connectivity index (χ2v) is 5.52. The van der Waals surface area contributed by atoms with E-state index in [4.69, 9.17) is 5.73 Å². The SMILES string of the molecule is C=CCCCN(C)C(=O)c1sc(N(CC)CC)nc1N. The molecule has 0 aliphatic rings. The van der Waals surface area contributed by atoms with Crippen LogP contribution < -0.4 is 10.6 Å². The maximum atomic E-state index is 12.3. The van der Waals surface area contributed by atoms with E-state index in [1.165, 1.54) is 11.3 Å². The lowest BCUT2D eigenvalue weighted by molar-refractivity contribution is 0.0799. The third kappa shape index (κ3) is 3.96. The van der Waals surface area contributed by atoms with Crippen LogP contribution in [0.2, 0.25) is 0 Å². The Labute approximate surface area is 125 Å². The van der Waals surface area contributed by atoms with E-state index in [1.807, 2.05) is 6.08 Å². The average Bonchev–Trinajstić information content (AvgIpc) is 2.81. The van der Waals surface area contributed by atoms with Crippen molar-refractivity contribution in [3.63, 3.8) is 0 Å². The Kier molecular flexibility index (Phi) is 6.51. The van der Waals surface area contributed by atoms with E-state index >= 15 is 0 Å². The number of thiazole rings is 1. The van der Waals surface area contributed by atoms with Crippen molar-refractivity contribution in [2.75, 3.05) is 37.3 Å². The molecule has 5 nitrogen and oxygen atoms in total. The Morgan fingerprint density at radius 1 is 1.45 bits per heavy atom. The Bertz CT molecular complexity index is 454. The first-order valence-corrected chi connectivity index (χ1v) is 7.74. The summed E-state index contributed by atoms with van der Waals surface area (Å²) in [6.45, 7) is 10.2. The molecule has 2 N–H and O–H groups in total. The molecule has 0 bridgehead atoms. The lowest BCUT2D eigenvalue weighted by atomic mass is 10.3. The fraction of sp³-hybridized carbons (Fsp3) is 0.571. The molecule has 1 aromatic rings. The maximum absolute atomic E-state index is 12.3. The van der Waals surface area contributed by atoms with Crippen LogP contribution in [0.1, 0.15) is 36.4 Å². The summed E-state index contributed by atoms with van der Waals surface area (Å²) in [5.41, 5.74) is 5.89. The van der Waals surface area contributed by atoms with Gasteiger partial charge in [0.05, 0.1) is 0 Å². The van der Waals surface area contributed by atoms with Gasteiger partial charge in [-0.05, 0) is 26.7 Å². The second-order valence-electron chi connectivity index (χ2n) is 4.54. The summed E-state index contributed by atoms with van der Waals surface area (Å²) in [5.74, 6) is 0.278. The van der Waals surface area contributed by atoms with Crippen LogP contribution in [0, 0.1) is 0 Å². The topological polar surface area (TPSA) is 62.5 Å². The Hall–Kier alpha value is -1.56. The van der Waals surface area contributed by atoms with Crippen molar-refractivity contribution >= 4 is 28.2 Å². The summed E-state index contributed by atoms with van der Waals surface area (Å²) in [5, 5.41) is 0.815. The minimum atomic E-state index is -0.0533. The minimum absolute atomic E-state index is 0.0533. The molecule has 0 saturated carbocycles. The van der Waals surface area contributed by atoms with Crippen molar-refractivity contribution in [3.8, 4) is 0 Å². The average molecular weight is 296 g/mol. The van der Waals surface area contributed by atoms with Gasteiger partial charge in [0.25, 0.3) is 5.91 Å². The largest absolute Gasteiger partial charge is 0.382 e. The van der Waals surface area contributed by atoms with Gasteiger partial charge in [-0.15, -0.1) is 6.58 Å². The molecule has 112 valence electrons. The molecule has 0 aliphatic heterocycles. The van der Waals surface area contributed by atoms with Crippen LogP contribution >= 0.6 is 11.3 Å². The predicted octanol–water partition coefficient (Wildman–Crippen LogP) is 2.61. The van der Waals surface area contributed by atoms with Crippen molar-refractivity contribution in [1.29, 1.82) is 0 Å². The molecule has 0 radical (unpaired) electrons. The molecule has 1 amide bonds. The summed E-state index contributed by atoms with van der Waals surface area (Å²) >= 11 is 1.37. The van der Waals surface area contributed by atoms with Crippen LogP contribution in [0.3, 0.4) is 0 Å². The molecule has 1 aromatic heterocycles. The number of amides is 1. The van der Waals surface area contributed by atoms with Crippen LogP contribution in [-0.2, 0) is 0 Å². The van der Waals surface area contributed by atoms with Crippen LogP contribution in [0.15, 0.2) is 12.7 Å². The van der Waals surface area contributed by atoms with E-state index in [2.05, 4.69) is 30.3 Å². The zero-order valence-electron chi connectivity index (χ0n) is 12.6. The van der Waals surface area contributed by atoms with Gasteiger partial charge in [0.1, 0.15) is 10.7 Å². The standard InChI is InChI=1S/C14H24N4OS/c1-5-8-9-10-17(4)13(19)11-12(15)16-14(20-11)18(6-2)7-3/h5H,1,6-10,15H2,2-4H3. The number of unbranched alkanes of at least 4 members (excludes halogenated alkanes) is 1. The highest BCUT2D eigenvalue weighted by molar-refractivity contribution is 7.18. The molecule has 6 heteroatoms. The first kappa shape index (κ1) is 16.5. The van der Waals surface area contributed by atoms with Gasteiger partial charge in [0, 0.05) is 26.7 Å². The number of allylic oxidation sites excluding steroid dienone is 1. The number of hydrogen-bond acceptors (Lipinski definition) is 5. The van der Waals surface area contributed by atoms with Gasteiger partial charge in [0.15, 0.2) is 5.13 Å². The number of carbonyl (C=O) groups excluding carboxylic acids is 1. The molecule has 0 atom stereocenters. The first-order chi connectivity index (χ1) is 9.54. The molecule has 1 heterocycles. The molecule has 20 heavy (non-hydrogen) atoms. The maximum Gasteiger partial charge on any atom is 0.267 e. The lowest BCUT2D eigenvalue weighted by Crippen LogP contribution is -2.27. The molecule has 0 fully saturated rings. The number of carbonyl (C=O) groups is 1. The van der Waals surface area contributed by atoms with Gasteiger partial charge >= 0.3 is 0 Å². The highest BCUT2D eigenvalue weighted by atomic mass is 32.1. The van der Waals surface area contributed by atoms with E-state index in [0.717, 1.165) is 31.1 Å². The second kappa shape index (κ2) is 7.89. The molecular formula is C14H24N4OS. The number of nitrogen functional groups attached to an aromatic ring is 1. The van der Waals surface area contributed by atoms with Gasteiger partial charge in [-0.25, -0.2) is 4.98 Å². The Morgan fingerprint density at radius 3 is 2.65 bits per heavy atom. The molecule has 0 aliphatic carbocycles. The van der Waals surface area contributed by atoms with E-state index < -0.39 is 0 Å². The number of rotatable bonds is 8. The summed E-state index contributed by atoms with van der Waals surface area (Å²) in [6, 6.07) is 0. The van der Waals surface area contributed by atoms with Gasteiger partial charge in [-0.2, -0.15) is 0 Å². The van der Waals surface area contributed by atoms with Crippen LogP contribution in [0.4, 0.5) is 10.9 Å². The predicted molar refractivity (Wildman–Crippen MR) is 86.5 cm³/mol. The number of aromatic nitrogens is 1. The molecule has 0 unspecified atom stereocenters. The van der Waals surface area contributed by atoms with Crippen LogP contribution in [0.5, 0.6) is 0 Å². The minimum Gasteiger partial charge on any atom is -0.382 e. The first-order valence-electron chi connectivity index (χ1n) is 6.92. The van der Waals surface area contributed by atoms with E-state index in [9.17, 15) is 4.79 Å². The molecular weight excluding hydrogens is 272 g/mol. The molecule has 1 rings (SSSR count). The summed E-state index contributed by atoms with van der Waals surface area (Å²) in [7, 11) is 1.79. The van der Waals surface area contributed by atoms with Gasteiger partial charge in [-0.1, -0.05) is 17.4 Å². The molecule has 0 saturated heterocycles. The zero-order valence-corrected chi connectivity index (χ0v) is 13.4. The van der Waals surface area contributed by atoms with Crippen molar-refractivity contribution in [1.82, 2.24) is 9.88 Å². The van der Waals surface area contributed by atoms with Crippen molar-refractivity contribution < 1.29 is 4.79 Å². The van der Waals surface area contributed by atoms with E-state index in [-0.39, 0.29) is 5.91 Å². The number of nitrogens with zero attached hydrogens (tertiary/aromatic N) is 3. The van der Waals surface area contributed by atoms with Crippen LogP contribution in [-0.4, -0.2) is 42.5 Å². The van der Waals surface area contributed by atoms with Crippen molar-refractivity contribution in [3.05, 3.63) is 17.5 Å². The fourth-order valence-corrected chi connectivity index (χ4v) is 2.96. The smallest absolute Gasteiger partial charge is 0.267 e. The van der Waals surface area contributed by atoms with Crippen molar-refractivity contribution in [2.45, 2.75) is 26.7 Å². The summed E-state index contributed by atoms with van der Waals surface area (Å²) in [6.07, 6.45) is 3.67. The highest BCUT2D eigenvalue weighted by Crippen LogP contribution is 2.28. The number of anilines is 2. The Balaban J connectivity index is 2.80. The fourth-order valence-electron chi connectivity index (χ4n) is 1.85. The monoisotopic (exact) mass is 296 g/mol. The van der Waals surface area contributed by atoms with E-state index in [0.29, 0.717) is 17.2 Å². The summed E-state index contributed by atoms with van der Waals surface area (Å²) < 4.78 is 0. The molecule has 0 aromatic carbocycles. The highest BCUT2D eigenvalue weighted by Gasteiger charge is 2.21. The third-order valence-corrected chi connectivity index (χ3v) is 4.24.